The first kappa shape index (κ1) is 19.7. The molecule has 2 aromatic rings. The number of carbonyl (C=O) groups is 2. The number of hydrogen-bond acceptors (Lipinski definition) is 4. The molecule has 3 heterocycles. The quantitative estimate of drug-likeness (QED) is 0.836. The average Bonchev–Trinajstić information content (AvgIpc) is 3.27. The fourth-order valence-corrected chi connectivity index (χ4v) is 4.15. The van der Waals surface area contributed by atoms with Gasteiger partial charge in [0.05, 0.1) is 5.56 Å². The van der Waals surface area contributed by atoms with Crippen molar-refractivity contribution >= 4 is 29.2 Å². The lowest BCUT2D eigenvalue weighted by Crippen LogP contribution is -2.37. The summed E-state index contributed by atoms with van der Waals surface area (Å²) in [5, 5.41) is 0.693. The van der Waals surface area contributed by atoms with E-state index in [0.717, 1.165) is 42.8 Å². The van der Waals surface area contributed by atoms with Crippen molar-refractivity contribution < 1.29 is 9.59 Å². The van der Waals surface area contributed by atoms with Crippen molar-refractivity contribution in [3.63, 3.8) is 0 Å². The third kappa shape index (κ3) is 4.37. The van der Waals surface area contributed by atoms with Crippen LogP contribution in [0.3, 0.4) is 0 Å². The number of aryl methyl sites for hydroxylation is 1. The van der Waals surface area contributed by atoms with Gasteiger partial charge in [0.1, 0.15) is 5.82 Å². The van der Waals surface area contributed by atoms with E-state index in [1.54, 1.807) is 0 Å². The normalized spacial score (nSPS) is 16.0. The first-order valence-corrected chi connectivity index (χ1v) is 10.5. The number of anilines is 1. The lowest BCUT2D eigenvalue weighted by Gasteiger charge is -2.29. The predicted molar refractivity (Wildman–Crippen MR) is 113 cm³/mol. The summed E-state index contributed by atoms with van der Waals surface area (Å²) >= 11 is 5.91. The predicted octanol–water partition coefficient (Wildman–Crippen LogP) is 3.07. The fourth-order valence-electron chi connectivity index (χ4n) is 4.02. The zero-order valence-corrected chi connectivity index (χ0v) is 17.1. The number of hydrogen-bond donors (Lipinski definition) is 1. The Morgan fingerprint density at radius 3 is 2.52 bits per heavy atom. The van der Waals surface area contributed by atoms with Crippen LogP contribution < -0.4 is 5.73 Å². The van der Waals surface area contributed by atoms with Crippen LogP contribution in [0.2, 0.25) is 5.02 Å². The summed E-state index contributed by atoms with van der Waals surface area (Å²) in [4.78, 5) is 33.7. The summed E-state index contributed by atoms with van der Waals surface area (Å²) in [6.07, 6.45) is 3.83. The van der Waals surface area contributed by atoms with Crippen LogP contribution in [0, 0.1) is 0 Å². The van der Waals surface area contributed by atoms with Gasteiger partial charge in [-0.25, -0.2) is 4.98 Å². The van der Waals surface area contributed by atoms with E-state index >= 15 is 0 Å². The highest BCUT2D eigenvalue weighted by molar-refractivity contribution is 6.30. The lowest BCUT2D eigenvalue weighted by atomic mass is 10.0. The highest BCUT2D eigenvalue weighted by atomic mass is 35.5. The molecule has 2 aliphatic rings. The molecule has 2 amide bonds. The van der Waals surface area contributed by atoms with E-state index in [4.69, 9.17) is 17.3 Å². The van der Waals surface area contributed by atoms with Crippen molar-refractivity contribution in [2.24, 2.45) is 0 Å². The minimum absolute atomic E-state index is 0.0542. The number of amides is 2. The van der Waals surface area contributed by atoms with Crippen molar-refractivity contribution in [1.82, 2.24) is 14.8 Å². The van der Waals surface area contributed by atoms with Crippen LogP contribution in [0.15, 0.2) is 30.3 Å². The molecule has 4 rings (SSSR count). The number of rotatable bonds is 4. The molecular formula is C22H25ClN4O2. The first-order chi connectivity index (χ1) is 14.0. The Morgan fingerprint density at radius 2 is 1.79 bits per heavy atom. The summed E-state index contributed by atoms with van der Waals surface area (Å²) in [6.45, 7) is 2.63. The van der Waals surface area contributed by atoms with Gasteiger partial charge >= 0.3 is 0 Å². The number of nitrogens with two attached hydrogens (primary N) is 1. The highest BCUT2D eigenvalue weighted by Crippen LogP contribution is 2.24. The maximum absolute atomic E-state index is 12.8. The van der Waals surface area contributed by atoms with Crippen LogP contribution in [0.5, 0.6) is 0 Å². The topological polar surface area (TPSA) is 79.5 Å². The summed E-state index contributed by atoms with van der Waals surface area (Å²) < 4.78 is 0. The second-order valence-electron chi connectivity index (χ2n) is 7.72. The Labute approximate surface area is 175 Å². The summed E-state index contributed by atoms with van der Waals surface area (Å²) in [5.41, 5.74) is 9.45. The molecule has 0 saturated carbocycles. The Hall–Kier alpha value is -2.60. The minimum atomic E-state index is -0.0542. The van der Waals surface area contributed by atoms with Crippen LogP contribution in [-0.4, -0.2) is 46.2 Å². The van der Waals surface area contributed by atoms with Gasteiger partial charge in [0.25, 0.3) is 5.91 Å². The minimum Gasteiger partial charge on any atom is -0.383 e. The van der Waals surface area contributed by atoms with E-state index in [0.29, 0.717) is 48.8 Å². The monoisotopic (exact) mass is 412 g/mol. The number of fused-ring (bicyclic) bond motifs is 1. The van der Waals surface area contributed by atoms with E-state index in [9.17, 15) is 9.59 Å². The van der Waals surface area contributed by atoms with Gasteiger partial charge in [0.15, 0.2) is 0 Å². The molecule has 0 atom stereocenters. The Bertz CT molecular complexity index is 923. The van der Waals surface area contributed by atoms with Gasteiger partial charge in [0, 0.05) is 49.7 Å². The third-order valence-electron chi connectivity index (χ3n) is 5.72. The zero-order valence-electron chi connectivity index (χ0n) is 16.4. The van der Waals surface area contributed by atoms with Crippen LogP contribution >= 0.6 is 11.6 Å². The number of pyridine rings is 1. The van der Waals surface area contributed by atoms with Gasteiger partial charge in [-0.15, -0.1) is 0 Å². The summed E-state index contributed by atoms with van der Waals surface area (Å²) in [7, 11) is 0. The molecule has 0 radical (unpaired) electrons. The number of benzene rings is 1. The maximum atomic E-state index is 12.8. The van der Waals surface area contributed by atoms with E-state index in [1.165, 1.54) is 0 Å². The summed E-state index contributed by atoms with van der Waals surface area (Å²) in [6, 6.07) is 9.42. The molecule has 0 aliphatic carbocycles. The zero-order chi connectivity index (χ0) is 20.4. The average molecular weight is 413 g/mol. The van der Waals surface area contributed by atoms with Crippen LogP contribution in [0.25, 0.3) is 0 Å². The van der Waals surface area contributed by atoms with Crippen LogP contribution in [0.1, 0.15) is 46.4 Å². The molecule has 2 N–H and O–H groups in total. The molecule has 2 aliphatic heterocycles. The number of nitrogen functional groups attached to an aromatic ring is 1. The molecule has 1 aromatic carbocycles. The van der Waals surface area contributed by atoms with Gasteiger partial charge in [-0.2, -0.15) is 0 Å². The van der Waals surface area contributed by atoms with E-state index in [1.807, 2.05) is 40.1 Å². The van der Waals surface area contributed by atoms with Crippen LogP contribution in [-0.2, 0) is 24.2 Å². The molecule has 1 aromatic heterocycles. The largest absolute Gasteiger partial charge is 0.383 e. The molecule has 1 fully saturated rings. The Kier molecular flexibility index (Phi) is 5.72. The fraction of sp³-hybridized carbons (Fsp3) is 0.409. The molecule has 0 unspecified atom stereocenters. The second kappa shape index (κ2) is 8.41. The van der Waals surface area contributed by atoms with E-state index in [2.05, 4.69) is 4.98 Å². The smallest absolute Gasteiger partial charge is 0.257 e. The summed E-state index contributed by atoms with van der Waals surface area (Å²) in [5.74, 6) is 0.347. The molecule has 1 saturated heterocycles. The molecule has 6 nitrogen and oxygen atoms in total. The number of aromatic nitrogens is 1. The van der Waals surface area contributed by atoms with Gasteiger partial charge in [-0.05, 0) is 48.6 Å². The van der Waals surface area contributed by atoms with Crippen molar-refractivity contribution in [2.75, 3.05) is 25.4 Å². The molecular weight excluding hydrogens is 388 g/mol. The molecule has 0 spiro atoms. The van der Waals surface area contributed by atoms with Crippen molar-refractivity contribution in [1.29, 1.82) is 0 Å². The second-order valence-corrected chi connectivity index (χ2v) is 8.15. The van der Waals surface area contributed by atoms with Gasteiger partial charge < -0.3 is 15.5 Å². The van der Waals surface area contributed by atoms with E-state index in [-0.39, 0.29) is 11.8 Å². The number of nitrogens with zero attached hydrogens (tertiary/aromatic N) is 3. The maximum Gasteiger partial charge on any atom is 0.257 e. The standard InChI is InChI=1S/C22H25ClN4O2/c23-17-6-3-15(4-7-17)5-8-20(28)27-12-9-19-16(14-27)13-18(21(24)25-19)22(29)26-10-1-2-11-26/h3-4,6-7,13H,1-2,5,8-12,14H2,(H2,24,25). The SMILES string of the molecule is Nc1nc2c(cc1C(=O)N1CCCC1)CN(C(=O)CCc1ccc(Cl)cc1)CC2. The number of halogens is 1. The first-order valence-electron chi connectivity index (χ1n) is 10.1. The Balaban J connectivity index is 1.44. The molecule has 29 heavy (non-hydrogen) atoms. The van der Waals surface area contributed by atoms with Gasteiger partial charge in [-0.3, -0.25) is 9.59 Å². The van der Waals surface area contributed by atoms with Crippen molar-refractivity contribution in [3.05, 3.63) is 57.7 Å². The number of carbonyl (C=O) groups excluding carboxylic acids is 2. The van der Waals surface area contributed by atoms with Crippen molar-refractivity contribution in [3.8, 4) is 0 Å². The number of likely N-dealkylation sites (tertiary alicyclic amines) is 1. The van der Waals surface area contributed by atoms with Gasteiger partial charge in [-0.1, -0.05) is 23.7 Å². The molecule has 152 valence electrons. The van der Waals surface area contributed by atoms with Crippen LogP contribution in [0.4, 0.5) is 5.82 Å². The molecule has 7 heteroatoms. The highest BCUT2D eigenvalue weighted by Gasteiger charge is 2.27. The molecule has 0 bridgehead atoms. The Morgan fingerprint density at radius 1 is 1.07 bits per heavy atom. The van der Waals surface area contributed by atoms with E-state index < -0.39 is 0 Å². The third-order valence-corrected chi connectivity index (χ3v) is 5.97. The van der Waals surface area contributed by atoms with Gasteiger partial charge in [0.2, 0.25) is 5.91 Å². The lowest BCUT2D eigenvalue weighted by molar-refractivity contribution is -0.132. The van der Waals surface area contributed by atoms with Crippen molar-refractivity contribution in [2.45, 2.75) is 38.6 Å².